The first-order valence-electron chi connectivity index (χ1n) is 6.06. The topological polar surface area (TPSA) is 49.3 Å². The zero-order valence-corrected chi connectivity index (χ0v) is 12.4. The number of benzene rings is 2. The summed E-state index contributed by atoms with van der Waals surface area (Å²) in [5, 5.41) is 12.2. The normalized spacial score (nSPS) is 9.67. The summed E-state index contributed by atoms with van der Waals surface area (Å²) in [6.07, 6.45) is 0. The Labute approximate surface area is 132 Å². The van der Waals surface area contributed by atoms with E-state index in [0.717, 1.165) is 0 Å². The summed E-state index contributed by atoms with van der Waals surface area (Å²) >= 11 is 11.9. The van der Waals surface area contributed by atoms with E-state index in [1.54, 1.807) is 36.4 Å². The van der Waals surface area contributed by atoms with Crippen LogP contribution in [0.5, 0.6) is 0 Å². The maximum Gasteiger partial charge on any atom is 0.257 e. The quantitative estimate of drug-likeness (QED) is 0.831. The van der Waals surface area contributed by atoms with Gasteiger partial charge in [0.1, 0.15) is 6.61 Å². The predicted molar refractivity (Wildman–Crippen MR) is 84.8 cm³/mol. The van der Waals surface area contributed by atoms with Gasteiger partial charge in [0.05, 0.1) is 10.6 Å². The molecule has 21 heavy (non-hydrogen) atoms. The molecule has 0 unspecified atom stereocenters. The molecule has 1 amide bonds. The molecular weight excluding hydrogens is 309 g/mol. The minimum absolute atomic E-state index is 0.214. The van der Waals surface area contributed by atoms with Crippen LogP contribution in [0.25, 0.3) is 0 Å². The standard InChI is InChI=1S/C16H11Cl2NO2/c17-12-6-7-15(18)14(10-12)16(21)19-13-5-1-3-11(9-13)4-2-8-20/h1,3,5-7,9-10,20H,8H2,(H,19,21). The lowest BCUT2D eigenvalue weighted by atomic mass is 10.1. The summed E-state index contributed by atoms with van der Waals surface area (Å²) in [7, 11) is 0. The van der Waals surface area contributed by atoms with Crippen LogP contribution in [0.3, 0.4) is 0 Å². The number of rotatable bonds is 2. The van der Waals surface area contributed by atoms with Crippen molar-refractivity contribution < 1.29 is 9.90 Å². The molecule has 0 bridgehead atoms. The number of carbonyl (C=O) groups is 1. The van der Waals surface area contributed by atoms with Gasteiger partial charge in [-0.15, -0.1) is 0 Å². The summed E-state index contributed by atoms with van der Waals surface area (Å²) in [6.45, 7) is -0.214. The number of carbonyl (C=O) groups excluding carboxylic acids is 1. The third-order valence-corrected chi connectivity index (χ3v) is 3.17. The minimum atomic E-state index is -0.352. The predicted octanol–water partition coefficient (Wildman–Crippen LogP) is 3.59. The molecule has 2 rings (SSSR count). The Kier molecular flexibility index (Phi) is 5.24. The zero-order chi connectivity index (χ0) is 15.2. The fourth-order valence-corrected chi connectivity index (χ4v) is 2.06. The number of hydrogen-bond donors (Lipinski definition) is 2. The first-order chi connectivity index (χ1) is 10.1. The van der Waals surface area contributed by atoms with Crippen molar-refractivity contribution >= 4 is 34.8 Å². The molecule has 3 nitrogen and oxygen atoms in total. The van der Waals surface area contributed by atoms with E-state index < -0.39 is 0 Å². The van der Waals surface area contributed by atoms with Crippen LogP contribution >= 0.6 is 23.2 Å². The molecule has 0 saturated carbocycles. The first kappa shape index (κ1) is 15.4. The number of hydrogen-bond acceptors (Lipinski definition) is 2. The van der Waals surface area contributed by atoms with Crippen molar-refractivity contribution in [1.82, 2.24) is 0 Å². The van der Waals surface area contributed by atoms with Gasteiger partial charge in [0.15, 0.2) is 0 Å². The molecule has 0 aliphatic heterocycles. The van der Waals surface area contributed by atoms with Gasteiger partial charge in [-0.25, -0.2) is 0 Å². The van der Waals surface area contributed by atoms with Crippen LogP contribution < -0.4 is 5.32 Å². The Bertz CT molecular complexity index is 733. The lowest BCUT2D eigenvalue weighted by molar-refractivity contribution is 0.102. The monoisotopic (exact) mass is 319 g/mol. The van der Waals surface area contributed by atoms with Crippen LogP contribution in [-0.4, -0.2) is 17.6 Å². The Hall–Kier alpha value is -1.99. The van der Waals surface area contributed by atoms with E-state index in [1.165, 1.54) is 6.07 Å². The number of aliphatic hydroxyl groups is 1. The van der Waals surface area contributed by atoms with E-state index in [0.29, 0.717) is 26.9 Å². The molecule has 0 spiro atoms. The van der Waals surface area contributed by atoms with Gasteiger partial charge in [0.25, 0.3) is 5.91 Å². The van der Waals surface area contributed by atoms with E-state index in [9.17, 15) is 4.79 Å². The molecule has 106 valence electrons. The summed E-state index contributed by atoms with van der Waals surface area (Å²) in [4.78, 5) is 12.2. The Morgan fingerprint density at radius 3 is 2.76 bits per heavy atom. The highest BCUT2D eigenvalue weighted by Gasteiger charge is 2.11. The van der Waals surface area contributed by atoms with Gasteiger partial charge >= 0.3 is 0 Å². The van der Waals surface area contributed by atoms with Crippen molar-refractivity contribution in [3.63, 3.8) is 0 Å². The molecule has 2 aromatic rings. The van der Waals surface area contributed by atoms with Crippen molar-refractivity contribution in [2.45, 2.75) is 0 Å². The fraction of sp³-hybridized carbons (Fsp3) is 0.0625. The minimum Gasteiger partial charge on any atom is -0.384 e. The molecule has 0 heterocycles. The van der Waals surface area contributed by atoms with Gasteiger partial charge in [-0.05, 0) is 36.4 Å². The number of aliphatic hydroxyl groups excluding tert-OH is 1. The summed E-state index contributed by atoms with van der Waals surface area (Å²) in [6, 6.07) is 11.7. The Balaban J connectivity index is 2.21. The summed E-state index contributed by atoms with van der Waals surface area (Å²) in [5.41, 5.74) is 1.58. The van der Waals surface area contributed by atoms with Crippen LogP contribution in [0, 0.1) is 11.8 Å². The van der Waals surface area contributed by atoms with Crippen LogP contribution in [0.1, 0.15) is 15.9 Å². The second-order valence-corrected chi connectivity index (χ2v) is 4.96. The molecule has 2 aromatic carbocycles. The third-order valence-electron chi connectivity index (χ3n) is 2.61. The average molecular weight is 320 g/mol. The zero-order valence-electron chi connectivity index (χ0n) is 10.9. The molecule has 0 saturated heterocycles. The van der Waals surface area contributed by atoms with Gasteiger partial charge in [0, 0.05) is 16.3 Å². The highest BCUT2D eigenvalue weighted by atomic mass is 35.5. The summed E-state index contributed by atoms with van der Waals surface area (Å²) in [5.74, 6) is 4.97. The largest absolute Gasteiger partial charge is 0.384 e. The molecule has 0 aliphatic rings. The number of anilines is 1. The number of halogens is 2. The molecule has 2 N–H and O–H groups in total. The van der Waals surface area contributed by atoms with E-state index >= 15 is 0 Å². The van der Waals surface area contributed by atoms with Gasteiger partial charge in [-0.3, -0.25) is 4.79 Å². The lowest BCUT2D eigenvalue weighted by Crippen LogP contribution is -2.12. The second-order valence-electron chi connectivity index (χ2n) is 4.12. The second kappa shape index (κ2) is 7.14. The van der Waals surface area contributed by atoms with Gasteiger partial charge < -0.3 is 10.4 Å². The Morgan fingerprint density at radius 1 is 1.19 bits per heavy atom. The van der Waals surface area contributed by atoms with Gasteiger partial charge in [-0.2, -0.15) is 0 Å². The van der Waals surface area contributed by atoms with Crippen molar-refractivity contribution in [2.75, 3.05) is 11.9 Å². The SMILES string of the molecule is O=C(Nc1cccc(C#CCO)c1)c1cc(Cl)ccc1Cl. The van der Waals surface area contributed by atoms with Crippen LogP contribution in [0.2, 0.25) is 10.0 Å². The molecular formula is C16H11Cl2NO2. The van der Waals surface area contributed by atoms with Crippen molar-refractivity contribution in [2.24, 2.45) is 0 Å². The highest BCUT2D eigenvalue weighted by Crippen LogP contribution is 2.22. The van der Waals surface area contributed by atoms with Crippen molar-refractivity contribution in [3.8, 4) is 11.8 Å². The van der Waals surface area contributed by atoms with Crippen molar-refractivity contribution in [3.05, 3.63) is 63.6 Å². The molecule has 0 fully saturated rings. The van der Waals surface area contributed by atoms with Gasteiger partial charge in [-0.1, -0.05) is 41.1 Å². The summed E-state index contributed by atoms with van der Waals surface area (Å²) < 4.78 is 0. The number of nitrogens with one attached hydrogen (secondary N) is 1. The molecule has 0 radical (unpaired) electrons. The fourth-order valence-electron chi connectivity index (χ4n) is 1.69. The smallest absolute Gasteiger partial charge is 0.257 e. The van der Waals surface area contributed by atoms with Crippen LogP contribution in [0.15, 0.2) is 42.5 Å². The molecule has 0 aliphatic carbocycles. The van der Waals surface area contributed by atoms with E-state index in [-0.39, 0.29) is 12.5 Å². The van der Waals surface area contributed by atoms with E-state index in [1.807, 2.05) is 0 Å². The van der Waals surface area contributed by atoms with Crippen molar-refractivity contribution in [1.29, 1.82) is 0 Å². The van der Waals surface area contributed by atoms with E-state index in [2.05, 4.69) is 17.2 Å². The first-order valence-corrected chi connectivity index (χ1v) is 6.82. The highest BCUT2D eigenvalue weighted by molar-refractivity contribution is 6.36. The number of amides is 1. The average Bonchev–Trinajstić information content (AvgIpc) is 2.48. The van der Waals surface area contributed by atoms with E-state index in [4.69, 9.17) is 28.3 Å². The maximum atomic E-state index is 12.2. The molecule has 0 atom stereocenters. The third kappa shape index (κ3) is 4.24. The van der Waals surface area contributed by atoms with Crippen LogP contribution in [-0.2, 0) is 0 Å². The molecule has 0 aromatic heterocycles. The van der Waals surface area contributed by atoms with Gasteiger partial charge in [0.2, 0.25) is 0 Å². The maximum absolute atomic E-state index is 12.2. The Morgan fingerprint density at radius 2 is 2.00 bits per heavy atom. The lowest BCUT2D eigenvalue weighted by Gasteiger charge is -2.07. The molecule has 5 heteroatoms. The van der Waals surface area contributed by atoms with Crippen LogP contribution in [0.4, 0.5) is 5.69 Å².